The third-order valence-corrected chi connectivity index (χ3v) is 4.30. The van der Waals surface area contributed by atoms with Gasteiger partial charge in [0.1, 0.15) is 11.9 Å². The second-order valence-electron chi connectivity index (χ2n) is 6.10. The van der Waals surface area contributed by atoms with Crippen LogP contribution in [0.3, 0.4) is 0 Å². The van der Waals surface area contributed by atoms with Crippen LogP contribution < -0.4 is 10.1 Å². The number of rotatable bonds is 6. The molecule has 0 fully saturated rings. The Bertz CT molecular complexity index is 800. The number of ether oxygens (including phenoxy) is 2. The molecule has 5 nitrogen and oxygen atoms in total. The zero-order chi connectivity index (χ0) is 17.8. The average molecular weight is 339 g/mol. The van der Waals surface area contributed by atoms with Crippen LogP contribution in [0, 0.1) is 6.92 Å². The van der Waals surface area contributed by atoms with Gasteiger partial charge in [0, 0.05) is 12.1 Å². The normalized spacial score (nSPS) is 15.4. The van der Waals surface area contributed by atoms with Crippen LogP contribution >= 0.6 is 0 Å². The summed E-state index contributed by atoms with van der Waals surface area (Å²) in [6, 6.07) is 13.2. The molecule has 1 heterocycles. The Morgan fingerprint density at radius 2 is 2.04 bits per heavy atom. The Kier molecular flexibility index (Phi) is 5.03. The fourth-order valence-electron chi connectivity index (χ4n) is 3.05. The zero-order valence-electron chi connectivity index (χ0n) is 14.4. The summed E-state index contributed by atoms with van der Waals surface area (Å²) in [6.07, 6.45) is 0.308. The predicted molar refractivity (Wildman–Crippen MR) is 93.7 cm³/mol. The van der Waals surface area contributed by atoms with Crippen molar-refractivity contribution >= 4 is 11.9 Å². The molecule has 1 atom stereocenters. The number of aryl methyl sites for hydroxylation is 1. The number of amides is 1. The highest BCUT2D eigenvalue weighted by Crippen LogP contribution is 2.32. The van der Waals surface area contributed by atoms with E-state index in [-0.39, 0.29) is 18.3 Å². The van der Waals surface area contributed by atoms with Crippen LogP contribution in [0.2, 0.25) is 0 Å². The molecule has 25 heavy (non-hydrogen) atoms. The van der Waals surface area contributed by atoms with E-state index in [0.29, 0.717) is 18.5 Å². The van der Waals surface area contributed by atoms with Crippen molar-refractivity contribution in [2.75, 3.05) is 13.7 Å². The third-order valence-electron chi connectivity index (χ3n) is 4.30. The Balaban J connectivity index is 1.55. The quantitative estimate of drug-likeness (QED) is 0.822. The fourth-order valence-corrected chi connectivity index (χ4v) is 3.05. The number of benzene rings is 2. The lowest BCUT2D eigenvalue weighted by Gasteiger charge is -2.12. The maximum absolute atomic E-state index is 12.2. The Morgan fingerprint density at radius 3 is 2.84 bits per heavy atom. The van der Waals surface area contributed by atoms with E-state index < -0.39 is 6.10 Å². The van der Waals surface area contributed by atoms with Crippen LogP contribution in [0.4, 0.5) is 0 Å². The Labute approximate surface area is 147 Å². The second-order valence-corrected chi connectivity index (χ2v) is 6.10. The molecular formula is C20H21NO4. The van der Waals surface area contributed by atoms with E-state index >= 15 is 0 Å². The molecule has 0 radical (unpaired) electrons. The topological polar surface area (TPSA) is 64.6 Å². The standard InChI is InChI=1S/C20H21NO4/c1-13-7-8-17(24-2)14(11-13)9-10-21-19(22)12-18-15-5-3-4-6-16(15)20(23)25-18/h3-8,11,18H,9-10,12H2,1-2H3,(H,21,22)/t18-/m1/s1. The van der Waals surface area contributed by atoms with Crippen molar-refractivity contribution in [1.82, 2.24) is 5.32 Å². The number of hydrogen-bond donors (Lipinski definition) is 1. The molecule has 0 aliphatic carbocycles. The predicted octanol–water partition coefficient (Wildman–Crippen LogP) is 2.96. The van der Waals surface area contributed by atoms with Crippen molar-refractivity contribution in [2.24, 2.45) is 0 Å². The van der Waals surface area contributed by atoms with Crippen LogP contribution in [-0.4, -0.2) is 25.5 Å². The van der Waals surface area contributed by atoms with E-state index in [4.69, 9.17) is 9.47 Å². The first-order chi connectivity index (χ1) is 12.1. The molecule has 1 N–H and O–H groups in total. The van der Waals surface area contributed by atoms with Gasteiger partial charge in [-0.1, -0.05) is 35.9 Å². The Morgan fingerprint density at radius 1 is 1.24 bits per heavy atom. The van der Waals surface area contributed by atoms with Crippen molar-refractivity contribution in [3.8, 4) is 5.75 Å². The smallest absolute Gasteiger partial charge is 0.339 e. The molecule has 1 amide bonds. The summed E-state index contributed by atoms with van der Waals surface area (Å²) in [5.41, 5.74) is 3.53. The maximum atomic E-state index is 12.2. The van der Waals surface area contributed by atoms with Crippen molar-refractivity contribution in [1.29, 1.82) is 0 Å². The number of carbonyl (C=O) groups excluding carboxylic acids is 2. The fraction of sp³-hybridized carbons (Fsp3) is 0.300. The third kappa shape index (κ3) is 3.82. The average Bonchev–Trinajstić information content (AvgIpc) is 2.91. The van der Waals surface area contributed by atoms with E-state index in [1.54, 1.807) is 19.2 Å². The second kappa shape index (κ2) is 7.38. The molecule has 130 valence electrons. The van der Waals surface area contributed by atoms with E-state index in [2.05, 4.69) is 11.4 Å². The molecule has 2 aromatic rings. The molecular weight excluding hydrogens is 318 g/mol. The number of nitrogens with one attached hydrogen (secondary N) is 1. The maximum Gasteiger partial charge on any atom is 0.339 e. The lowest BCUT2D eigenvalue weighted by Crippen LogP contribution is -2.27. The highest BCUT2D eigenvalue weighted by atomic mass is 16.5. The van der Waals surface area contributed by atoms with Gasteiger partial charge in [0.25, 0.3) is 0 Å². The molecule has 0 bridgehead atoms. The summed E-state index contributed by atoms with van der Waals surface area (Å²) in [5.74, 6) is 0.317. The van der Waals surface area contributed by atoms with Gasteiger partial charge in [-0.15, -0.1) is 0 Å². The summed E-state index contributed by atoms with van der Waals surface area (Å²) in [5, 5.41) is 2.89. The summed E-state index contributed by atoms with van der Waals surface area (Å²) >= 11 is 0. The van der Waals surface area contributed by atoms with Crippen LogP contribution in [0.15, 0.2) is 42.5 Å². The van der Waals surface area contributed by atoms with Crippen molar-refractivity contribution in [3.05, 3.63) is 64.7 Å². The van der Waals surface area contributed by atoms with Crippen LogP contribution in [0.5, 0.6) is 5.75 Å². The molecule has 0 saturated heterocycles. The van der Waals surface area contributed by atoms with Crippen LogP contribution in [0.25, 0.3) is 0 Å². The summed E-state index contributed by atoms with van der Waals surface area (Å²) in [6.45, 7) is 2.52. The molecule has 0 saturated carbocycles. The van der Waals surface area contributed by atoms with Gasteiger partial charge in [-0.2, -0.15) is 0 Å². The number of cyclic esters (lactones) is 1. The monoisotopic (exact) mass is 339 g/mol. The highest BCUT2D eigenvalue weighted by Gasteiger charge is 2.31. The molecule has 1 aliphatic heterocycles. The molecule has 0 spiro atoms. The number of carbonyl (C=O) groups is 2. The number of esters is 1. The summed E-state index contributed by atoms with van der Waals surface area (Å²) in [4.78, 5) is 24.0. The van der Waals surface area contributed by atoms with Crippen molar-refractivity contribution in [2.45, 2.75) is 25.9 Å². The van der Waals surface area contributed by atoms with Gasteiger partial charge >= 0.3 is 5.97 Å². The van der Waals surface area contributed by atoms with Gasteiger partial charge in [-0.05, 0) is 31.0 Å². The van der Waals surface area contributed by atoms with Crippen molar-refractivity contribution in [3.63, 3.8) is 0 Å². The first-order valence-electron chi connectivity index (χ1n) is 8.28. The van der Waals surface area contributed by atoms with Gasteiger partial charge in [0.2, 0.25) is 5.91 Å². The number of fused-ring (bicyclic) bond motifs is 1. The summed E-state index contributed by atoms with van der Waals surface area (Å²) < 4.78 is 10.6. The largest absolute Gasteiger partial charge is 0.496 e. The van der Waals surface area contributed by atoms with E-state index in [1.807, 2.05) is 31.2 Å². The Hall–Kier alpha value is -2.82. The zero-order valence-corrected chi connectivity index (χ0v) is 14.4. The van der Waals surface area contributed by atoms with Gasteiger partial charge in [-0.3, -0.25) is 4.79 Å². The van der Waals surface area contributed by atoms with Crippen LogP contribution in [-0.2, 0) is 16.0 Å². The first-order valence-corrected chi connectivity index (χ1v) is 8.28. The van der Waals surface area contributed by atoms with Gasteiger partial charge in [-0.25, -0.2) is 4.79 Å². The van der Waals surface area contributed by atoms with Gasteiger partial charge in [0.05, 0.1) is 19.1 Å². The van der Waals surface area contributed by atoms with E-state index in [1.165, 1.54) is 0 Å². The minimum Gasteiger partial charge on any atom is -0.496 e. The van der Waals surface area contributed by atoms with E-state index in [9.17, 15) is 9.59 Å². The van der Waals surface area contributed by atoms with Gasteiger partial charge in [0.15, 0.2) is 0 Å². The molecule has 5 heteroatoms. The van der Waals surface area contributed by atoms with Gasteiger partial charge < -0.3 is 14.8 Å². The molecule has 0 aromatic heterocycles. The van der Waals surface area contributed by atoms with Crippen LogP contribution in [0.1, 0.15) is 39.6 Å². The minimum absolute atomic E-state index is 0.133. The summed E-state index contributed by atoms with van der Waals surface area (Å²) in [7, 11) is 1.64. The molecule has 0 unspecified atom stereocenters. The first kappa shape index (κ1) is 17.0. The SMILES string of the molecule is COc1ccc(C)cc1CCNC(=O)C[C@H]1OC(=O)c2ccccc21. The minimum atomic E-state index is -0.503. The van der Waals surface area contributed by atoms with E-state index in [0.717, 1.165) is 22.4 Å². The number of hydrogen-bond acceptors (Lipinski definition) is 4. The number of methoxy groups -OCH3 is 1. The molecule has 1 aliphatic rings. The highest BCUT2D eigenvalue weighted by molar-refractivity contribution is 5.94. The molecule has 2 aromatic carbocycles. The van der Waals surface area contributed by atoms with Crippen molar-refractivity contribution < 1.29 is 19.1 Å². The lowest BCUT2D eigenvalue weighted by atomic mass is 10.0. The lowest BCUT2D eigenvalue weighted by molar-refractivity contribution is -0.122. The molecule has 3 rings (SSSR count).